The Balaban J connectivity index is 1.41. The molecule has 0 aromatic carbocycles. The molecule has 2 saturated heterocycles. The lowest BCUT2D eigenvalue weighted by atomic mass is 10.2. The largest absolute Gasteiger partial charge is 0.342 e. The molecular formula is C15H24N6O2S. The van der Waals surface area contributed by atoms with Crippen molar-refractivity contribution in [3.63, 3.8) is 0 Å². The van der Waals surface area contributed by atoms with Crippen molar-refractivity contribution in [1.29, 1.82) is 0 Å². The number of hydrogen-bond acceptors (Lipinski definition) is 6. The molecule has 1 aromatic heterocycles. The molecule has 1 aromatic rings. The maximum atomic E-state index is 12.4. The summed E-state index contributed by atoms with van der Waals surface area (Å²) in [4.78, 5) is 30.5. The summed E-state index contributed by atoms with van der Waals surface area (Å²) in [5.74, 6) is 0.226. The van der Waals surface area contributed by atoms with Gasteiger partial charge in [-0.1, -0.05) is 24.2 Å². The standard InChI is InChI=1S/C15H24N6O2S/c22-13(20-5-3-1-2-4-6-20)11-19-7-9-21(10-8-19)15(23)17-14-18-16-12-24-14/h12H,1-11H2,(H,17,18,23). The van der Waals surface area contributed by atoms with Gasteiger partial charge in [-0.15, -0.1) is 10.2 Å². The molecule has 0 aliphatic carbocycles. The number of nitrogens with one attached hydrogen (secondary N) is 1. The summed E-state index contributed by atoms with van der Waals surface area (Å²) in [6.45, 7) is 4.94. The van der Waals surface area contributed by atoms with Crippen molar-refractivity contribution in [2.24, 2.45) is 0 Å². The van der Waals surface area contributed by atoms with E-state index in [2.05, 4.69) is 20.4 Å². The Morgan fingerprint density at radius 2 is 1.71 bits per heavy atom. The molecule has 0 bridgehead atoms. The van der Waals surface area contributed by atoms with Crippen LogP contribution in [0.2, 0.25) is 0 Å². The number of amides is 3. The Bertz CT molecular complexity index is 536. The van der Waals surface area contributed by atoms with Gasteiger partial charge in [0.25, 0.3) is 0 Å². The third kappa shape index (κ3) is 4.64. The predicted octanol–water partition coefficient (Wildman–Crippen LogP) is 1.09. The first-order chi connectivity index (χ1) is 11.7. The first-order valence-corrected chi connectivity index (χ1v) is 9.42. The molecule has 1 N–H and O–H groups in total. The van der Waals surface area contributed by atoms with Crippen LogP contribution in [0.1, 0.15) is 25.7 Å². The van der Waals surface area contributed by atoms with Gasteiger partial charge in [-0.05, 0) is 12.8 Å². The van der Waals surface area contributed by atoms with E-state index in [4.69, 9.17) is 0 Å². The number of piperazine rings is 1. The molecule has 2 aliphatic heterocycles. The van der Waals surface area contributed by atoms with E-state index in [-0.39, 0.29) is 11.9 Å². The SMILES string of the molecule is O=C(CN1CCN(C(=O)Nc2nncs2)CC1)N1CCCCCC1. The lowest BCUT2D eigenvalue weighted by Gasteiger charge is -2.35. The number of likely N-dealkylation sites (tertiary alicyclic amines) is 1. The fraction of sp³-hybridized carbons (Fsp3) is 0.733. The van der Waals surface area contributed by atoms with Crippen LogP contribution in [0.4, 0.5) is 9.93 Å². The summed E-state index contributed by atoms with van der Waals surface area (Å²) in [7, 11) is 0. The van der Waals surface area contributed by atoms with E-state index in [0.29, 0.717) is 24.8 Å². The third-order valence-electron chi connectivity index (χ3n) is 4.55. The maximum Gasteiger partial charge on any atom is 0.323 e. The van der Waals surface area contributed by atoms with Crippen molar-refractivity contribution >= 4 is 28.4 Å². The van der Waals surface area contributed by atoms with E-state index in [1.54, 1.807) is 10.4 Å². The molecule has 9 heteroatoms. The van der Waals surface area contributed by atoms with Crippen LogP contribution < -0.4 is 5.32 Å². The third-order valence-corrected chi connectivity index (χ3v) is 5.16. The van der Waals surface area contributed by atoms with Crippen LogP contribution in [0.25, 0.3) is 0 Å². The molecule has 0 unspecified atom stereocenters. The van der Waals surface area contributed by atoms with E-state index in [0.717, 1.165) is 39.0 Å². The minimum Gasteiger partial charge on any atom is -0.342 e. The molecule has 3 heterocycles. The van der Waals surface area contributed by atoms with Gasteiger partial charge in [0.05, 0.1) is 6.54 Å². The van der Waals surface area contributed by atoms with Crippen molar-refractivity contribution in [2.75, 3.05) is 51.1 Å². The minimum absolute atomic E-state index is 0.148. The van der Waals surface area contributed by atoms with E-state index in [1.165, 1.54) is 24.2 Å². The highest BCUT2D eigenvalue weighted by Gasteiger charge is 2.24. The Labute approximate surface area is 145 Å². The van der Waals surface area contributed by atoms with Gasteiger partial charge in [0.15, 0.2) is 0 Å². The zero-order valence-electron chi connectivity index (χ0n) is 13.8. The van der Waals surface area contributed by atoms with Crippen LogP contribution >= 0.6 is 11.3 Å². The number of nitrogens with zero attached hydrogens (tertiary/aromatic N) is 5. The van der Waals surface area contributed by atoms with Crippen LogP contribution in [0, 0.1) is 0 Å². The Hall–Kier alpha value is -1.74. The lowest BCUT2D eigenvalue weighted by Crippen LogP contribution is -2.52. The predicted molar refractivity (Wildman–Crippen MR) is 92.0 cm³/mol. The monoisotopic (exact) mass is 352 g/mol. The summed E-state index contributed by atoms with van der Waals surface area (Å²) >= 11 is 1.30. The molecule has 2 aliphatic rings. The van der Waals surface area contributed by atoms with E-state index in [1.807, 2.05) is 4.90 Å². The fourth-order valence-corrected chi connectivity index (χ4v) is 3.55. The second-order valence-electron chi connectivity index (χ2n) is 6.23. The molecule has 2 fully saturated rings. The molecule has 0 saturated carbocycles. The van der Waals surface area contributed by atoms with Gasteiger partial charge in [-0.3, -0.25) is 15.0 Å². The van der Waals surface area contributed by atoms with Crippen molar-refractivity contribution in [2.45, 2.75) is 25.7 Å². The highest BCUT2D eigenvalue weighted by molar-refractivity contribution is 7.13. The van der Waals surface area contributed by atoms with Crippen LogP contribution in [-0.2, 0) is 4.79 Å². The zero-order valence-corrected chi connectivity index (χ0v) is 14.6. The molecule has 0 spiro atoms. The first kappa shape index (κ1) is 17.1. The summed E-state index contributed by atoms with van der Waals surface area (Å²) in [6.07, 6.45) is 4.69. The molecule has 3 amide bonds. The lowest BCUT2D eigenvalue weighted by molar-refractivity contribution is -0.132. The molecule has 3 rings (SSSR count). The van der Waals surface area contributed by atoms with Crippen LogP contribution in [0.5, 0.6) is 0 Å². The van der Waals surface area contributed by atoms with Gasteiger partial charge in [0.1, 0.15) is 5.51 Å². The van der Waals surface area contributed by atoms with Crippen molar-refractivity contribution in [3.05, 3.63) is 5.51 Å². The molecule has 24 heavy (non-hydrogen) atoms. The van der Waals surface area contributed by atoms with Gasteiger partial charge in [-0.2, -0.15) is 0 Å². The maximum absolute atomic E-state index is 12.4. The van der Waals surface area contributed by atoms with Gasteiger partial charge < -0.3 is 9.80 Å². The van der Waals surface area contributed by atoms with Crippen LogP contribution in [0.15, 0.2) is 5.51 Å². The second kappa shape index (κ2) is 8.39. The average molecular weight is 352 g/mol. The normalized spacial score (nSPS) is 19.8. The summed E-state index contributed by atoms with van der Waals surface area (Å²) < 4.78 is 0. The van der Waals surface area contributed by atoms with E-state index in [9.17, 15) is 9.59 Å². The number of carbonyl (C=O) groups is 2. The second-order valence-corrected chi connectivity index (χ2v) is 7.07. The molecular weight excluding hydrogens is 328 g/mol. The zero-order chi connectivity index (χ0) is 16.8. The van der Waals surface area contributed by atoms with E-state index < -0.39 is 0 Å². The minimum atomic E-state index is -0.148. The van der Waals surface area contributed by atoms with Crippen LogP contribution in [0.3, 0.4) is 0 Å². The van der Waals surface area contributed by atoms with Crippen molar-refractivity contribution in [3.8, 4) is 0 Å². The quantitative estimate of drug-likeness (QED) is 0.881. The molecule has 132 valence electrons. The summed E-state index contributed by atoms with van der Waals surface area (Å²) in [6, 6.07) is -0.148. The number of anilines is 1. The first-order valence-electron chi connectivity index (χ1n) is 8.54. The Kier molecular flexibility index (Phi) is 5.97. The van der Waals surface area contributed by atoms with Crippen LogP contribution in [-0.4, -0.2) is 82.6 Å². The number of aromatic nitrogens is 2. The van der Waals surface area contributed by atoms with Crippen molar-refractivity contribution < 1.29 is 9.59 Å². The molecule has 0 atom stereocenters. The highest BCUT2D eigenvalue weighted by Crippen LogP contribution is 2.12. The number of carbonyl (C=O) groups excluding carboxylic acids is 2. The van der Waals surface area contributed by atoms with Crippen molar-refractivity contribution in [1.82, 2.24) is 24.9 Å². The molecule has 0 radical (unpaired) electrons. The van der Waals surface area contributed by atoms with Gasteiger partial charge in [0.2, 0.25) is 11.0 Å². The molecule has 8 nitrogen and oxygen atoms in total. The Morgan fingerprint density at radius 1 is 1.00 bits per heavy atom. The number of urea groups is 1. The Morgan fingerprint density at radius 3 is 2.33 bits per heavy atom. The summed E-state index contributed by atoms with van der Waals surface area (Å²) in [5, 5.41) is 10.8. The fourth-order valence-electron chi connectivity index (χ4n) is 3.12. The average Bonchev–Trinajstić information content (AvgIpc) is 2.94. The smallest absolute Gasteiger partial charge is 0.323 e. The van der Waals surface area contributed by atoms with Gasteiger partial charge in [0, 0.05) is 39.3 Å². The van der Waals surface area contributed by atoms with E-state index >= 15 is 0 Å². The van der Waals surface area contributed by atoms with Gasteiger partial charge in [-0.25, -0.2) is 4.79 Å². The number of rotatable bonds is 3. The number of hydrogen-bond donors (Lipinski definition) is 1. The topological polar surface area (TPSA) is 81.7 Å². The highest BCUT2D eigenvalue weighted by atomic mass is 32.1. The van der Waals surface area contributed by atoms with Gasteiger partial charge >= 0.3 is 6.03 Å². The summed E-state index contributed by atoms with van der Waals surface area (Å²) in [5.41, 5.74) is 1.59.